The second kappa shape index (κ2) is 3.56. The summed E-state index contributed by atoms with van der Waals surface area (Å²) in [5, 5.41) is 15.0. The molecule has 14 heavy (non-hydrogen) atoms. The first-order chi connectivity index (χ1) is 6.41. The summed E-state index contributed by atoms with van der Waals surface area (Å²) in [5.74, 6) is 0. The summed E-state index contributed by atoms with van der Waals surface area (Å²) < 4.78 is 36.4. The average Bonchev–Trinajstić information content (AvgIpc) is 2.46. The van der Waals surface area contributed by atoms with Crippen LogP contribution < -0.4 is 5.32 Å². The van der Waals surface area contributed by atoms with Gasteiger partial charge in [0.25, 0.3) is 0 Å². The molecule has 0 aliphatic carbocycles. The Bertz CT molecular complexity index is 333. The molecule has 78 valence electrons. The number of carboxylic acid groups (broad SMARTS) is 1. The molecule has 5 nitrogen and oxygen atoms in total. The Morgan fingerprint density at radius 3 is 2.79 bits per heavy atom. The molecule has 0 aliphatic rings. The van der Waals surface area contributed by atoms with Crippen molar-refractivity contribution in [2.75, 3.05) is 0 Å². The van der Waals surface area contributed by atoms with Gasteiger partial charge in [0.05, 0.1) is 0 Å². The molecule has 0 aliphatic heterocycles. The second-order valence-electron chi connectivity index (χ2n) is 2.42. The van der Waals surface area contributed by atoms with E-state index in [1.165, 1.54) is 0 Å². The Hall–Kier alpha value is -1.73. The maximum absolute atomic E-state index is 12.1. The fourth-order valence-electron chi connectivity index (χ4n) is 0.866. The Kier molecular flexibility index (Phi) is 2.63. The van der Waals surface area contributed by atoms with Crippen molar-refractivity contribution in [2.45, 2.75) is 12.7 Å². The van der Waals surface area contributed by atoms with E-state index in [2.05, 4.69) is 5.10 Å². The molecule has 1 amide bonds. The smallest absolute Gasteiger partial charge is 0.435 e. The van der Waals surface area contributed by atoms with E-state index in [9.17, 15) is 18.0 Å². The third-order valence-electron chi connectivity index (χ3n) is 1.42. The van der Waals surface area contributed by atoms with Crippen LogP contribution >= 0.6 is 0 Å². The van der Waals surface area contributed by atoms with Gasteiger partial charge in [-0.2, -0.15) is 18.3 Å². The van der Waals surface area contributed by atoms with Crippen LogP contribution in [0.15, 0.2) is 6.20 Å². The minimum absolute atomic E-state index is 0.236. The van der Waals surface area contributed by atoms with Gasteiger partial charge in [0.1, 0.15) is 0 Å². The molecule has 0 unspecified atom stereocenters. The Labute approximate surface area is 75.9 Å². The van der Waals surface area contributed by atoms with Crippen LogP contribution in [-0.4, -0.2) is 21.4 Å². The van der Waals surface area contributed by atoms with Gasteiger partial charge in [-0.3, -0.25) is 5.10 Å². The van der Waals surface area contributed by atoms with Gasteiger partial charge >= 0.3 is 12.3 Å². The van der Waals surface area contributed by atoms with E-state index < -0.39 is 24.5 Å². The van der Waals surface area contributed by atoms with E-state index in [1.54, 1.807) is 0 Å². The van der Waals surface area contributed by atoms with Gasteiger partial charge in [-0.25, -0.2) is 4.79 Å². The van der Waals surface area contributed by atoms with Crippen LogP contribution in [0.5, 0.6) is 0 Å². The third-order valence-corrected chi connectivity index (χ3v) is 1.42. The molecule has 0 radical (unpaired) electrons. The number of alkyl halides is 3. The summed E-state index contributed by atoms with van der Waals surface area (Å²) in [7, 11) is 0. The number of hydrogen-bond donors (Lipinski definition) is 3. The van der Waals surface area contributed by atoms with Crippen molar-refractivity contribution < 1.29 is 23.1 Å². The third kappa shape index (κ3) is 2.38. The monoisotopic (exact) mass is 209 g/mol. The van der Waals surface area contributed by atoms with E-state index >= 15 is 0 Å². The largest absolute Gasteiger partial charge is 0.465 e. The summed E-state index contributed by atoms with van der Waals surface area (Å²) >= 11 is 0. The maximum Gasteiger partial charge on any atom is 0.435 e. The van der Waals surface area contributed by atoms with Gasteiger partial charge in [-0.15, -0.1) is 0 Å². The molecule has 0 fully saturated rings. The van der Waals surface area contributed by atoms with Gasteiger partial charge < -0.3 is 10.4 Å². The predicted octanol–water partition coefficient (Wildman–Crippen LogP) is 1.20. The summed E-state index contributed by atoms with van der Waals surface area (Å²) in [6, 6.07) is 0. The lowest BCUT2D eigenvalue weighted by molar-refractivity contribution is -0.141. The van der Waals surface area contributed by atoms with E-state index in [-0.39, 0.29) is 5.56 Å². The molecule has 0 spiro atoms. The highest BCUT2D eigenvalue weighted by Crippen LogP contribution is 2.29. The van der Waals surface area contributed by atoms with E-state index in [0.29, 0.717) is 0 Å². The SMILES string of the molecule is O=C(O)NCc1c[nH]nc1C(F)(F)F. The molecular formula is C6H6F3N3O2. The predicted molar refractivity (Wildman–Crippen MR) is 38.5 cm³/mol. The van der Waals surface area contributed by atoms with Gasteiger partial charge in [0.2, 0.25) is 0 Å². The lowest BCUT2D eigenvalue weighted by atomic mass is 10.2. The Morgan fingerprint density at radius 1 is 1.64 bits per heavy atom. The highest BCUT2D eigenvalue weighted by Gasteiger charge is 2.36. The molecule has 0 bridgehead atoms. The van der Waals surface area contributed by atoms with Crippen molar-refractivity contribution in [1.29, 1.82) is 0 Å². The highest BCUT2D eigenvalue weighted by molar-refractivity contribution is 5.64. The minimum Gasteiger partial charge on any atom is -0.465 e. The molecule has 0 saturated heterocycles. The molecule has 1 rings (SSSR count). The highest BCUT2D eigenvalue weighted by atomic mass is 19.4. The van der Waals surface area contributed by atoms with Crippen LogP contribution in [0.1, 0.15) is 11.3 Å². The van der Waals surface area contributed by atoms with Crippen molar-refractivity contribution >= 4 is 6.09 Å². The molecular weight excluding hydrogens is 203 g/mol. The fraction of sp³-hybridized carbons (Fsp3) is 0.333. The van der Waals surface area contributed by atoms with Crippen LogP contribution in [0.3, 0.4) is 0 Å². The zero-order chi connectivity index (χ0) is 10.8. The van der Waals surface area contributed by atoms with Gasteiger partial charge in [-0.1, -0.05) is 0 Å². The number of rotatable bonds is 2. The van der Waals surface area contributed by atoms with Crippen LogP contribution in [0, 0.1) is 0 Å². The number of nitrogens with one attached hydrogen (secondary N) is 2. The van der Waals surface area contributed by atoms with Crippen molar-refractivity contribution in [3.8, 4) is 0 Å². The van der Waals surface area contributed by atoms with Crippen LogP contribution in [0.25, 0.3) is 0 Å². The number of aromatic nitrogens is 2. The van der Waals surface area contributed by atoms with Crippen molar-refractivity contribution in [1.82, 2.24) is 15.5 Å². The first-order valence-corrected chi connectivity index (χ1v) is 3.48. The molecule has 0 aromatic carbocycles. The van der Waals surface area contributed by atoms with E-state index in [4.69, 9.17) is 5.11 Å². The minimum atomic E-state index is -4.57. The maximum atomic E-state index is 12.1. The second-order valence-corrected chi connectivity index (χ2v) is 2.42. The van der Waals surface area contributed by atoms with Gasteiger partial charge in [0, 0.05) is 18.3 Å². The van der Waals surface area contributed by atoms with Crippen LogP contribution in [0.2, 0.25) is 0 Å². The summed E-state index contributed by atoms with van der Waals surface area (Å²) in [5.41, 5.74) is -1.34. The van der Waals surface area contributed by atoms with E-state index in [1.807, 2.05) is 10.4 Å². The fourth-order valence-corrected chi connectivity index (χ4v) is 0.866. The molecule has 0 atom stereocenters. The quantitative estimate of drug-likeness (QED) is 0.684. The molecule has 1 heterocycles. The number of carbonyl (C=O) groups is 1. The normalized spacial score (nSPS) is 11.4. The molecule has 8 heteroatoms. The standard InChI is InChI=1S/C6H6F3N3O2/c7-6(8,9)4-3(2-11-12-4)1-10-5(13)14/h2,10H,1H2,(H,11,12)(H,13,14). The number of nitrogens with zero attached hydrogens (tertiary/aromatic N) is 1. The zero-order valence-corrected chi connectivity index (χ0v) is 6.72. The Balaban J connectivity index is 2.78. The summed E-state index contributed by atoms with van der Waals surface area (Å²) in [4.78, 5) is 10.0. The van der Waals surface area contributed by atoms with Crippen LogP contribution in [-0.2, 0) is 12.7 Å². The lowest BCUT2D eigenvalue weighted by Crippen LogP contribution is -2.21. The van der Waals surface area contributed by atoms with E-state index in [0.717, 1.165) is 6.20 Å². The molecule has 0 saturated carbocycles. The van der Waals surface area contributed by atoms with Crippen molar-refractivity contribution in [3.05, 3.63) is 17.5 Å². The number of amides is 1. The first-order valence-electron chi connectivity index (χ1n) is 3.48. The molecule has 1 aromatic heterocycles. The molecule has 3 N–H and O–H groups in total. The van der Waals surface area contributed by atoms with Gasteiger partial charge in [-0.05, 0) is 0 Å². The number of aromatic amines is 1. The first kappa shape index (κ1) is 10.4. The average molecular weight is 209 g/mol. The van der Waals surface area contributed by atoms with Gasteiger partial charge in [0.15, 0.2) is 5.69 Å². The summed E-state index contributed by atoms with van der Waals surface area (Å²) in [6.45, 7) is -0.430. The number of halogens is 3. The zero-order valence-electron chi connectivity index (χ0n) is 6.72. The summed E-state index contributed by atoms with van der Waals surface area (Å²) in [6.07, 6.45) is -4.96. The number of H-pyrrole nitrogens is 1. The molecule has 1 aromatic rings. The van der Waals surface area contributed by atoms with Crippen LogP contribution in [0.4, 0.5) is 18.0 Å². The Morgan fingerprint density at radius 2 is 2.29 bits per heavy atom. The lowest BCUT2D eigenvalue weighted by Gasteiger charge is -2.05. The van der Waals surface area contributed by atoms with Crippen molar-refractivity contribution in [3.63, 3.8) is 0 Å². The van der Waals surface area contributed by atoms with Crippen molar-refractivity contribution in [2.24, 2.45) is 0 Å². The topological polar surface area (TPSA) is 78.0 Å². The number of hydrogen-bond acceptors (Lipinski definition) is 2.